The third-order valence-electron chi connectivity index (χ3n) is 2.72. The molecule has 1 aliphatic heterocycles. The van der Waals surface area contributed by atoms with Gasteiger partial charge in [-0.25, -0.2) is 4.79 Å². The van der Waals surface area contributed by atoms with E-state index in [-0.39, 0.29) is 16.0 Å². The second-order valence-corrected chi connectivity index (χ2v) is 11.7. The van der Waals surface area contributed by atoms with E-state index in [0.29, 0.717) is 3.53 Å². The fourth-order valence-corrected chi connectivity index (χ4v) is 5.57. The summed E-state index contributed by atoms with van der Waals surface area (Å²) in [5.74, 6) is -0.746. The summed E-state index contributed by atoms with van der Waals surface area (Å²) in [6.45, 7) is 7.74. The summed E-state index contributed by atoms with van der Waals surface area (Å²) in [5.41, 5.74) is -1.23. The molecule has 1 N–H and O–H groups in total. The van der Waals surface area contributed by atoms with Gasteiger partial charge < -0.3 is 14.8 Å². The second-order valence-electron chi connectivity index (χ2n) is 5.91. The lowest BCUT2D eigenvalue weighted by Gasteiger charge is -2.39. The number of rotatable bonds is 5. The number of thioether (sulfide) groups is 2. The summed E-state index contributed by atoms with van der Waals surface area (Å²) < 4.78 is 10.5. The number of thiocarbonyl (C=S) groups is 1. The van der Waals surface area contributed by atoms with Crippen LogP contribution in [0.5, 0.6) is 0 Å². The van der Waals surface area contributed by atoms with E-state index in [2.05, 4.69) is 5.32 Å². The molecule has 1 fully saturated rings. The molecule has 5 nitrogen and oxygen atoms in total. The van der Waals surface area contributed by atoms with Gasteiger partial charge in [0.1, 0.15) is 15.6 Å². The second kappa shape index (κ2) is 9.37. The molecule has 0 aromatic heterocycles. The summed E-state index contributed by atoms with van der Waals surface area (Å²) in [4.78, 5) is 22.3. The first-order valence-electron chi connectivity index (χ1n) is 6.90. The van der Waals surface area contributed by atoms with Crippen LogP contribution in [-0.4, -0.2) is 42.2 Å². The zero-order chi connectivity index (χ0) is 18.7. The summed E-state index contributed by atoms with van der Waals surface area (Å²) >= 11 is 24.8. The van der Waals surface area contributed by atoms with E-state index < -0.39 is 28.6 Å². The largest absolute Gasteiger partial charge is 0.510 e. The number of halogens is 3. The van der Waals surface area contributed by atoms with Crippen molar-refractivity contribution >= 4 is 86.1 Å². The van der Waals surface area contributed by atoms with E-state index >= 15 is 0 Å². The van der Waals surface area contributed by atoms with Gasteiger partial charge in [0.15, 0.2) is 4.84 Å². The molecule has 1 amide bonds. The van der Waals surface area contributed by atoms with E-state index in [1.807, 2.05) is 20.8 Å². The SMILES string of the molecule is CC(OC(=O)OC(Cl)C(Cl)Cl)[C@H]1C(=O)N[C@@H]1SC(=S)SC(C)(C)C. The molecule has 11 heteroatoms. The van der Waals surface area contributed by atoms with E-state index in [1.165, 1.54) is 23.5 Å². The Morgan fingerprint density at radius 2 is 1.88 bits per heavy atom. The van der Waals surface area contributed by atoms with Crippen molar-refractivity contribution in [2.24, 2.45) is 5.92 Å². The Balaban J connectivity index is 2.53. The summed E-state index contributed by atoms with van der Waals surface area (Å²) in [6, 6.07) is 0. The fourth-order valence-electron chi connectivity index (χ4n) is 1.70. The van der Waals surface area contributed by atoms with Gasteiger partial charge >= 0.3 is 6.16 Å². The van der Waals surface area contributed by atoms with Crippen LogP contribution >= 0.6 is 70.5 Å². The normalized spacial score (nSPS) is 23.1. The lowest BCUT2D eigenvalue weighted by molar-refractivity contribution is -0.137. The van der Waals surface area contributed by atoms with Gasteiger partial charge in [-0.15, -0.1) is 11.8 Å². The molecular weight excluding hydrogens is 437 g/mol. The lowest BCUT2D eigenvalue weighted by atomic mass is 9.96. The topological polar surface area (TPSA) is 64.6 Å². The van der Waals surface area contributed by atoms with Crippen molar-refractivity contribution in [1.29, 1.82) is 0 Å². The molecule has 1 saturated heterocycles. The number of ether oxygens (including phenoxy) is 2. The molecule has 2 unspecified atom stereocenters. The predicted molar refractivity (Wildman–Crippen MR) is 105 cm³/mol. The van der Waals surface area contributed by atoms with Crippen LogP contribution < -0.4 is 5.32 Å². The van der Waals surface area contributed by atoms with E-state index in [0.717, 1.165) is 0 Å². The summed E-state index contributed by atoms with van der Waals surface area (Å²) in [6.07, 6.45) is -1.75. The highest BCUT2D eigenvalue weighted by Crippen LogP contribution is 2.37. The number of hydrogen-bond donors (Lipinski definition) is 1. The standard InChI is InChI=1S/C13H18Cl3NO4S3/c1-5(20-11(19)21-8(16)7(14)15)6-9(18)17-10(6)23-12(22)24-13(2,3)4/h5-8,10H,1-4H3,(H,17,18)/t5?,6-,8?,10+/m0/s1. The fraction of sp³-hybridized carbons (Fsp3) is 0.769. The van der Waals surface area contributed by atoms with Gasteiger partial charge in [-0.05, 0) is 6.92 Å². The minimum atomic E-state index is -1.23. The highest BCUT2D eigenvalue weighted by atomic mass is 35.5. The maximum absolute atomic E-state index is 11.8. The van der Waals surface area contributed by atoms with Crippen LogP contribution in [0.25, 0.3) is 0 Å². The summed E-state index contributed by atoms with van der Waals surface area (Å²) in [5, 5.41) is 2.48. The van der Waals surface area contributed by atoms with Gasteiger partial charge in [-0.2, -0.15) is 0 Å². The molecule has 1 aliphatic rings. The molecular formula is C13H18Cl3NO4S3. The van der Waals surface area contributed by atoms with Crippen LogP contribution in [0.4, 0.5) is 4.79 Å². The van der Waals surface area contributed by atoms with Crippen molar-refractivity contribution in [3.05, 3.63) is 0 Å². The molecule has 0 aromatic carbocycles. The third kappa shape index (κ3) is 7.33. The molecule has 1 rings (SSSR count). The highest BCUT2D eigenvalue weighted by Gasteiger charge is 2.46. The Morgan fingerprint density at radius 1 is 1.29 bits per heavy atom. The molecule has 0 radical (unpaired) electrons. The molecule has 0 spiro atoms. The maximum Gasteiger partial charge on any atom is 0.510 e. The average molecular weight is 455 g/mol. The van der Waals surface area contributed by atoms with E-state index in [1.54, 1.807) is 6.92 Å². The smallest absolute Gasteiger partial charge is 0.430 e. The average Bonchev–Trinajstić information content (AvgIpc) is 2.34. The molecule has 0 saturated carbocycles. The Kier molecular flexibility index (Phi) is 8.76. The van der Waals surface area contributed by atoms with Gasteiger partial charge in [-0.1, -0.05) is 79.6 Å². The molecule has 4 atom stereocenters. The first kappa shape index (κ1) is 22.4. The van der Waals surface area contributed by atoms with Crippen LogP contribution in [0.1, 0.15) is 27.7 Å². The third-order valence-corrected chi connectivity index (χ3v) is 6.49. The Morgan fingerprint density at radius 3 is 2.33 bits per heavy atom. The van der Waals surface area contributed by atoms with Crippen LogP contribution in [0.3, 0.4) is 0 Å². The van der Waals surface area contributed by atoms with Gasteiger partial charge in [0.05, 0.1) is 5.37 Å². The number of hydrogen-bond acceptors (Lipinski definition) is 7. The molecule has 24 heavy (non-hydrogen) atoms. The maximum atomic E-state index is 11.8. The first-order chi connectivity index (χ1) is 10.9. The van der Waals surface area contributed by atoms with Crippen LogP contribution in [0, 0.1) is 5.92 Å². The highest BCUT2D eigenvalue weighted by molar-refractivity contribution is 8.47. The lowest BCUT2D eigenvalue weighted by Crippen LogP contribution is -2.61. The zero-order valence-corrected chi connectivity index (χ0v) is 18.1. The number of alkyl halides is 3. The van der Waals surface area contributed by atoms with Crippen molar-refractivity contribution < 1.29 is 19.1 Å². The van der Waals surface area contributed by atoms with Gasteiger partial charge in [-0.3, -0.25) is 4.79 Å². The molecule has 0 bridgehead atoms. The molecule has 138 valence electrons. The van der Waals surface area contributed by atoms with E-state index in [4.69, 9.17) is 56.5 Å². The monoisotopic (exact) mass is 453 g/mol. The number of β-lactam (4-membered cyclic amide) rings is 1. The Labute approximate surface area is 170 Å². The number of carbonyl (C=O) groups is 2. The molecule has 0 aromatic rings. The van der Waals surface area contributed by atoms with Crippen LogP contribution in [-0.2, 0) is 14.3 Å². The van der Waals surface area contributed by atoms with Crippen molar-refractivity contribution in [3.8, 4) is 0 Å². The van der Waals surface area contributed by atoms with Crippen molar-refractivity contribution in [1.82, 2.24) is 5.32 Å². The quantitative estimate of drug-likeness (QED) is 0.283. The van der Waals surface area contributed by atoms with Crippen LogP contribution in [0.15, 0.2) is 0 Å². The van der Waals surface area contributed by atoms with Gasteiger partial charge in [0.25, 0.3) is 0 Å². The number of amides is 1. The van der Waals surface area contributed by atoms with Crippen molar-refractivity contribution in [2.75, 3.05) is 0 Å². The number of nitrogens with one attached hydrogen (secondary N) is 1. The number of carbonyl (C=O) groups excluding carboxylic acids is 2. The van der Waals surface area contributed by atoms with Crippen molar-refractivity contribution in [2.45, 2.75) is 54.3 Å². The van der Waals surface area contributed by atoms with E-state index in [9.17, 15) is 9.59 Å². The Hall–Kier alpha value is 0.400. The molecule has 0 aliphatic carbocycles. The van der Waals surface area contributed by atoms with Gasteiger partial charge in [0.2, 0.25) is 11.5 Å². The predicted octanol–water partition coefficient (Wildman–Crippen LogP) is 4.52. The Bertz CT molecular complexity index is 501. The summed E-state index contributed by atoms with van der Waals surface area (Å²) in [7, 11) is 0. The van der Waals surface area contributed by atoms with Gasteiger partial charge in [0, 0.05) is 4.75 Å². The minimum absolute atomic E-state index is 0.0196. The van der Waals surface area contributed by atoms with Crippen molar-refractivity contribution in [3.63, 3.8) is 0 Å². The zero-order valence-electron chi connectivity index (χ0n) is 13.4. The minimum Gasteiger partial charge on any atom is -0.430 e. The molecule has 1 heterocycles. The van der Waals surface area contributed by atoms with Crippen LogP contribution in [0.2, 0.25) is 0 Å². The first-order valence-corrected chi connectivity index (χ1v) is 10.3.